The Bertz CT molecular complexity index is 113. The highest BCUT2D eigenvalue weighted by atomic mass is 16.5. The van der Waals surface area contributed by atoms with Gasteiger partial charge in [0.2, 0.25) is 0 Å². The first-order valence-electron chi connectivity index (χ1n) is 5.04. The van der Waals surface area contributed by atoms with Gasteiger partial charge in [0.15, 0.2) is 0 Å². The Hall–Kier alpha value is -0.120. The average Bonchev–Trinajstić information content (AvgIpc) is 2.17. The zero-order valence-electron chi connectivity index (χ0n) is 9.14. The van der Waals surface area contributed by atoms with Crippen LogP contribution in [0.1, 0.15) is 33.1 Å². The monoisotopic (exact) mass is 189 g/mol. The second kappa shape index (κ2) is 7.30. The van der Waals surface area contributed by atoms with E-state index in [-0.39, 0.29) is 5.54 Å². The number of hydrogen-bond acceptors (Lipinski definition) is 3. The first-order chi connectivity index (χ1) is 6.18. The molecule has 0 aliphatic carbocycles. The van der Waals surface area contributed by atoms with Gasteiger partial charge in [0.05, 0.1) is 6.61 Å². The van der Waals surface area contributed by atoms with Gasteiger partial charge in [-0.15, -0.1) is 0 Å². The zero-order valence-corrected chi connectivity index (χ0v) is 9.14. The van der Waals surface area contributed by atoms with Gasteiger partial charge < -0.3 is 15.2 Å². The van der Waals surface area contributed by atoms with Crippen molar-refractivity contribution < 1.29 is 9.47 Å². The quantitative estimate of drug-likeness (QED) is 0.589. The van der Waals surface area contributed by atoms with Gasteiger partial charge in [-0.05, 0) is 19.3 Å². The molecule has 0 spiro atoms. The third-order valence-corrected chi connectivity index (χ3v) is 2.43. The van der Waals surface area contributed by atoms with Crippen LogP contribution in [-0.4, -0.2) is 32.5 Å². The second-order valence-corrected chi connectivity index (χ2v) is 3.47. The third kappa shape index (κ3) is 6.02. The van der Waals surface area contributed by atoms with Crippen LogP contribution in [0.15, 0.2) is 0 Å². The molecule has 13 heavy (non-hydrogen) atoms. The van der Waals surface area contributed by atoms with Crippen LogP contribution in [0.25, 0.3) is 0 Å². The highest BCUT2D eigenvalue weighted by Crippen LogP contribution is 2.11. The summed E-state index contributed by atoms with van der Waals surface area (Å²) in [6.07, 6.45) is 2.88. The van der Waals surface area contributed by atoms with Crippen molar-refractivity contribution in [2.24, 2.45) is 5.73 Å². The van der Waals surface area contributed by atoms with E-state index in [1.807, 2.05) is 0 Å². The van der Waals surface area contributed by atoms with Crippen molar-refractivity contribution >= 4 is 0 Å². The van der Waals surface area contributed by atoms with E-state index in [1.165, 1.54) is 0 Å². The zero-order chi connectivity index (χ0) is 10.2. The lowest BCUT2D eigenvalue weighted by atomic mass is 9.96. The summed E-state index contributed by atoms with van der Waals surface area (Å²) >= 11 is 0. The Balaban J connectivity index is 3.39. The van der Waals surface area contributed by atoms with Crippen molar-refractivity contribution in [2.45, 2.75) is 38.6 Å². The van der Waals surface area contributed by atoms with Crippen molar-refractivity contribution in [2.75, 3.05) is 26.9 Å². The van der Waals surface area contributed by atoms with Crippen LogP contribution >= 0.6 is 0 Å². The topological polar surface area (TPSA) is 44.5 Å². The lowest BCUT2D eigenvalue weighted by Crippen LogP contribution is -2.43. The van der Waals surface area contributed by atoms with E-state index in [1.54, 1.807) is 7.11 Å². The van der Waals surface area contributed by atoms with Crippen LogP contribution in [-0.2, 0) is 9.47 Å². The maximum atomic E-state index is 6.06. The van der Waals surface area contributed by atoms with Gasteiger partial charge in [0.1, 0.15) is 0 Å². The fourth-order valence-electron chi connectivity index (χ4n) is 1.03. The van der Waals surface area contributed by atoms with Gasteiger partial charge in [-0.3, -0.25) is 0 Å². The molecule has 0 aliphatic heterocycles. The molecule has 0 bridgehead atoms. The number of ether oxygens (including phenoxy) is 2. The summed E-state index contributed by atoms with van der Waals surface area (Å²) in [4.78, 5) is 0. The van der Waals surface area contributed by atoms with Crippen LogP contribution in [0.5, 0.6) is 0 Å². The van der Waals surface area contributed by atoms with Crippen molar-refractivity contribution in [3.63, 3.8) is 0 Å². The lowest BCUT2D eigenvalue weighted by molar-refractivity contribution is 0.0647. The van der Waals surface area contributed by atoms with Gasteiger partial charge in [-0.25, -0.2) is 0 Å². The molecule has 0 amide bonds. The van der Waals surface area contributed by atoms with E-state index < -0.39 is 0 Å². The first-order valence-corrected chi connectivity index (χ1v) is 5.04. The van der Waals surface area contributed by atoms with Gasteiger partial charge >= 0.3 is 0 Å². The predicted octanol–water partition coefficient (Wildman–Crippen LogP) is 1.56. The maximum absolute atomic E-state index is 6.06. The van der Waals surface area contributed by atoms with Crippen LogP contribution in [0, 0.1) is 0 Å². The molecule has 0 aliphatic rings. The number of rotatable bonds is 8. The average molecular weight is 189 g/mol. The minimum atomic E-state index is -0.132. The van der Waals surface area contributed by atoms with Gasteiger partial charge in [0.25, 0.3) is 0 Å². The summed E-state index contributed by atoms with van der Waals surface area (Å²) < 4.78 is 10.4. The molecule has 2 N–H and O–H groups in total. The molecule has 0 aromatic heterocycles. The standard InChI is InChI=1S/C10H23NO2/c1-4-10(11,5-2)9-13-8-6-7-12-3/h4-9,11H2,1-3H3. The molecule has 80 valence electrons. The molecule has 0 rings (SSSR count). The molecule has 0 aromatic carbocycles. The summed E-state index contributed by atoms with van der Waals surface area (Å²) in [5.74, 6) is 0. The molecule has 0 unspecified atom stereocenters. The molecule has 0 aromatic rings. The smallest absolute Gasteiger partial charge is 0.0645 e. The molecule has 0 heterocycles. The molecule has 0 saturated carbocycles. The van der Waals surface area contributed by atoms with Crippen LogP contribution < -0.4 is 5.73 Å². The fourth-order valence-corrected chi connectivity index (χ4v) is 1.03. The van der Waals surface area contributed by atoms with Crippen LogP contribution in [0.2, 0.25) is 0 Å². The Kier molecular flexibility index (Phi) is 7.23. The Morgan fingerprint density at radius 2 is 1.77 bits per heavy atom. The molecule has 0 radical (unpaired) electrons. The van der Waals surface area contributed by atoms with Crippen LogP contribution in [0.3, 0.4) is 0 Å². The molecule has 0 atom stereocenters. The minimum absolute atomic E-state index is 0.132. The maximum Gasteiger partial charge on any atom is 0.0645 e. The van der Waals surface area contributed by atoms with Gasteiger partial charge in [-0.2, -0.15) is 0 Å². The summed E-state index contributed by atoms with van der Waals surface area (Å²) in [5.41, 5.74) is 5.92. The van der Waals surface area contributed by atoms with E-state index in [4.69, 9.17) is 15.2 Å². The molecule has 0 saturated heterocycles. The molecular formula is C10H23NO2. The normalized spacial score (nSPS) is 12.0. The van der Waals surface area contributed by atoms with Crippen LogP contribution in [0.4, 0.5) is 0 Å². The van der Waals surface area contributed by atoms with E-state index in [0.29, 0.717) is 6.61 Å². The van der Waals surface area contributed by atoms with Crippen molar-refractivity contribution in [3.05, 3.63) is 0 Å². The largest absolute Gasteiger partial charge is 0.385 e. The summed E-state index contributed by atoms with van der Waals surface area (Å²) in [5, 5.41) is 0. The SMILES string of the molecule is CCC(N)(CC)COCCCOC. The third-order valence-electron chi connectivity index (χ3n) is 2.43. The fraction of sp³-hybridized carbons (Fsp3) is 1.00. The first kappa shape index (κ1) is 12.9. The van der Waals surface area contributed by atoms with E-state index in [2.05, 4.69) is 13.8 Å². The van der Waals surface area contributed by atoms with Gasteiger partial charge in [-0.1, -0.05) is 13.8 Å². The highest BCUT2D eigenvalue weighted by molar-refractivity contribution is 4.80. The molecular weight excluding hydrogens is 166 g/mol. The number of hydrogen-bond donors (Lipinski definition) is 1. The highest BCUT2D eigenvalue weighted by Gasteiger charge is 2.19. The Morgan fingerprint density at radius 1 is 1.15 bits per heavy atom. The van der Waals surface area contributed by atoms with Gasteiger partial charge in [0, 0.05) is 25.9 Å². The molecule has 3 nitrogen and oxygen atoms in total. The Morgan fingerprint density at radius 3 is 2.23 bits per heavy atom. The molecule has 3 heteroatoms. The van der Waals surface area contributed by atoms with E-state index in [9.17, 15) is 0 Å². The second-order valence-electron chi connectivity index (χ2n) is 3.47. The lowest BCUT2D eigenvalue weighted by Gasteiger charge is -2.26. The number of nitrogens with two attached hydrogens (primary N) is 1. The summed E-state index contributed by atoms with van der Waals surface area (Å²) in [6, 6.07) is 0. The Labute approximate surface area is 81.6 Å². The molecule has 0 fully saturated rings. The summed E-state index contributed by atoms with van der Waals surface area (Å²) in [6.45, 7) is 6.36. The van der Waals surface area contributed by atoms with Crippen molar-refractivity contribution in [3.8, 4) is 0 Å². The minimum Gasteiger partial charge on any atom is -0.385 e. The van der Waals surface area contributed by atoms with Crippen molar-refractivity contribution in [1.82, 2.24) is 0 Å². The number of methoxy groups -OCH3 is 1. The van der Waals surface area contributed by atoms with E-state index >= 15 is 0 Å². The van der Waals surface area contributed by atoms with Crippen molar-refractivity contribution in [1.29, 1.82) is 0 Å². The summed E-state index contributed by atoms with van der Waals surface area (Å²) in [7, 11) is 1.70. The predicted molar refractivity (Wildman–Crippen MR) is 54.8 cm³/mol. The van der Waals surface area contributed by atoms with E-state index in [0.717, 1.165) is 32.5 Å².